The molecule has 0 saturated carbocycles. The van der Waals surface area contributed by atoms with E-state index in [1.807, 2.05) is 11.8 Å². The van der Waals surface area contributed by atoms with Gasteiger partial charge in [-0.05, 0) is 26.4 Å². The zero-order valence-corrected chi connectivity index (χ0v) is 10.7. The van der Waals surface area contributed by atoms with Crippen molar-refractivity contribution in [2.75, 3.05) is 32.1 Å². The summed E-state index contributed by atoms with van der Waals surface area (Å²) in [6.07, 6.45) is 1.29. The largest absolute Gasteiger partial charge is 0.311 e. The molecule has 1 rings (SSSR count). The quantitative estimate of drug-likeness (QED) is 0.727. The fourth-order valence-electron chi connectivity index (χ4n) is 1.68. The van der Waals surface area contributed by atoms with Crippen LogP contribution in [0.2, 0.25) is 0 Å². The van der Waals surface area contributed by atoms with Crippen LogP contribution in [0.1, 0.15) is 20.3 Å². The van der Waals surface area contributed by atoms with Crippen molar-refractivity contribution < 1.29 is 0 Å². The Balaban J connectivity index is 2.19. The van der Waals surface area contributed by atoms with Crippen molar-refractivity contribution in [1.82, 2.24) is 10.2 Å². The third-order valence-electron chi connectivity index (χ3n) is 2.75. The standard InChI is InChI=1S/C11H24N2S/c1-9(2)5-11(13(3)4)6-12-10-7-14-8-10/h9-12H,5-8H2,1-4H3. The first kappa shape index (κ1) is 12.3. The Labute approximate surface area is 92.8 Å². The number of likely N-dealkylation sites (N-methyl/N-ethyl adjacent to an activating group) is 1. The number of rotatable bonds is 6. The predicted molar refractivity (Wildman–Crippen MR) is 66.0 cm³/mol. The van der Waals surface area contributed by atoms with Gasteiger partial charge in [0.15, 0.2) is 0 Å². The monoisotopic (exact) mass is 216 g/mol. The van der Waals surface area contributed by atoms with Crippen LogP contribution in [0.25, 0.3) is 0 Å². The second kappa shape index (κ2) is 5.99. The van der Waals surface area contributed by atoms with Crippen molar-refractivity contribution in [3.63, 3.8) is 0 Å². The molecule has 1 atom stereocenters. The van der Waals surface area contributed by atoms with Crippen molar-refractivity contribution in [2.45, 2.75) is 32.4 Å². The summed E-state index contributed by atoms with van der Waals surface area (Å²) in [5, 5.41) is 3.64. The Morgan fingerprint density at radius 1 is 1.36 bits per heavy atom. The minimum atomic E-state index is 0.695. The van der Waals surface area contributed by atoms with Crippen molar-refractivity contribution >= 4 is 11.8 Å². The zero-order chi connectivity index (χ0) is 10.6. The van der Waals surface area contributed by atoms with Gasteiger partial charge >= 0.3 is 0 Å². The SMILES string of the molecule is CC(C)CC(CNC1CSC1)N(C)C. The molecular weight excluding hydrogens is 192 g/mol. The molecule has 1 heterocycles. The summed E-state index contributed by atoms with van der Waals surface area (Å²) in [4.78, 5) is 2.35. The van der Waals surface area contributed by atoms with Crippen molar-refractivity contribution in [3.8, 4) is 0 Å². The Morgan fingerprint density at radius 3 is 2.36 bits per heavy atom. The molecule has 1 aliphatic heterocycles. The lowest BCUT2D eigenvalue weighted by molar-refractivity contribution is 0.243. The molecule has 0 amide bonds. The van der Waals surface area contributed by atoms with E-state index in [0.29, 0.717) is 6.04 Å². The van der Waals surface area contributed by atoms with Crippen molar-refractivity contribution in [1.29, 1.82) is 0 Å². The van der Waals surface area contributed by atoms with Crippen LogP contribution in [0, 0.1) is 5.92 Å². The maximum atomic E-state index is 3.64. The van der Waals surface area contributed by atoms with E-state index < -0.39 is 0 Å². The number of thioether (sulfide) groups is 1. The highest BCUT2D eigenvalue weighted by Crippen LogP contribution is 2.17. The van der Waals surface area contributed by atoms with Gasteiger partial charge in [0.1, 0.15) is 0 Å². The minimum Gasteiger partial charge on any atom is -0.311 e. The molecule has 3 heteroatoms. The average molecular weight is 216 g/mol. The lowest BCUT2D eigenvalue weighted by Gasteiger charge is -2.31. The van der Waals surface area contributed by atoms with E-state index in [1.165, 1.54) is 17.9 Å². The van der Waals surface area contributed by atoms with Crippen LogP contribution in [0.15, 0.2) is 0 Å². The molecule has 1 saturated heterocycles. The Bertz CT molecular complexity index is 155. The van der Waals surface area contributed by atoms with Gasteiger partial charge in [0.2, 0.25) is 0 Å². The van der Waals surface area contributed by atoms with Crippen LogP contribution >= 0.6 is 11.8 Å². The summed E-state index contributed by atoms with van der Waals surface area (Å²) in [5.74, 6) is 3.41. The van der Waals surface area contributed by atoms with Gasteiger partial charge in [-0.1, -0.05) is 13.8 Å². The molecule has 1 aliphatic rings. The smallest absolute Gasteiger partial charge is 0.0249 e. The lowest BCUT2D eigenvalue weighted by atomic mass is 10.0. The van der Waals surface area contributed by atoms with Gasteiger partial charge < -0.3 is 10.2 Å². The number of nitrogens with one attached hydrogen (secondary N) is 1. The molecule has 1 fully saturated rings. The molecule has 0 aliphatic carbocycles. The van der Waals surface area contributed by atoms with Crippen LogP contribution in [-0.4, -0.2) is 49.1 Å². The zero-order valence-electron chi connectivity index (χ0n) is 9.92. The van der Waals surface area contributed by atoms with E-state index in [4.69, 9.17) is 0 Å². The molecule has 0 aromatic heterocycles. The molecule has 0 aromatic rings. The maximum absolute atomic E-state index is 3.64. The molecule has 1 unspecified atom stereocenters. The summed E-state index contributed by atoms with van der Waals surface area (Å²) in [7, 11) is 4.37. The number of hydrogen-bond acceptors (Lipinski definition) is 3. The molecule has 1 N–H and O–H groups in total. The molecule has 14 heavy (non-hydrogen) atoms. The second-order valence-electron chi connectivity index (χ2n) is 4.89. The molecule has 84 valence electrons. The summed E-state index contributed by atoms with van der Waals surface area (Å²) in [5.41, 5.74) is 0. The second-order valence-corrected chi connectivity index (χ2v) is 5.96. The molecule has 0 aromatic carbocycles. The third-order valence-corrected chi connectivity index (χ3v) is 4.03. The summed E-state index contributed by atoms with van der Waals surface area (Å²) in [6.45, 7) is 5.75. The van der Waals surface area contributed by atoms with E-state index in [0.717, 1.165) is 18.5 Å². The van der Waals surface area contributed by atoms with Crippen LogP contribution in [-0.2, 0) is 0 Å². The molecule has 2 nitrogen and oxygen atoms in total. The molecule has 0 spiro atoms. The van der Waals surface area contributed by atoms with E-state index in [2.05, 4.69) is 38.2 Å². The van der Waals surface area contributed by atoms with Gasteiger partial charge in [0.05, 0.1) is 0 Å². The first-order chi connectivity index (χ1) is 6.59. The Morgan fingerprint density at radius 2 is 2.00 bits per heavy atom. The molecule has 0 radical (unpaired) electrons. The minimum absolute atomic E-state index is 0.695. The van der Waals surface area contributed by atoms with Crippen molar-refractivity contribution in [3.05, 3.63) is 0 Å². The topological polar surface area (TPSA) is 15.3 Å². The molecule has 0 bridgehead atoms. The van der Waals surface area contributed by atoms with Crippen LogP contribution < -0.4 is 5.32 Å². The first-order valence-electron chi connectivity index (χ1n) is 5.57. The summed E-state index contributed by atoms with van der Waals surface area (Å²) in [6, 6.07) is 1.48. The fraction of sp³-hybridized carbons (Fsp3) is 1.00. The van der Waals surface area contributed by atoms with E-state index in [-0.39, 0.29) is 0 Å². The van der Waals surface area contributed by atoms with Gasteiger partial charge in [-0.25, -0.2) is 0 Å². The lowest BCUT2D eigenvalue weighted by Crippen LogP contribution is -2.47. The molecular formula is C11H24N2S. The fourth-order valence-corrected chi connectivity index (χ4v) is 2.38. The normalized spacial score (nSPS) is 20.1. The van der Waals surface area contributed by atoms with Gasteiger partial charge in [-0.2, -0.15) is 11.8 Å². The highest BCUT2D eigenvalue weighted by atomic mass is 32.2. The third kappa shape index (κ3) is 4.20. The van der Waals surface area contributed by atoms with E-state index in [9.17, 15) is 0 Å². The van der Waals surface area contributed by atoms with Crippen molar-refractivity contribution in [2.24, 2.45) is 5.92 Å². The van der Waals surface area contributed by atoms with E-state index >= 15 is 0 Å². The van der Waals surface area contributed by atoms with Crippen LogP contribution in [0.4, 0.5) is 0 Å². The average Bonchev–Trinajstić information content (AvgIpc) is 1.98. The predicted octanol–water partition coefficient (Wildman–Crippen LogP) is 1.67. The Hall–Kier alpha value is 0.270. The Kier molecular flexibility index (Phi) is 5.28. The van der Waals surface area contributed by atoms with Crippen LogP contribution in [0.5, 0.6) is 0 Å². The van der Waals surface area contributed by atoms with Gasteiger partial charge in [0, 0.05) is 30.1 Å². The van der Waals surface area contributed by atoms with E-state index in [1.54, 1.807) is 0 Å². The number of nitrogens with zero attached hydrogens (tertiary/aromatic N) is 1. The van der Waals surface area contributed by atoms with Gasteiger partial charge in [-0.3, -0.25) is 0 Å². The number of hydrogen-bond donors (Lipinski definition) is 1. The summed E-state index contributed by atoms with van der Waals surface area (Å²) < 4.78 is 0. The first-order valence-corrected chi connectivity index (χ1v) is 6.72. The van der Waals surface area contributed by atoms with Gasteiger partial charge in [-0.15, -0.1) is 0 Å². The van der Waals surface area contributed by atoms with Crippen LogP contribution in [0.3, 0.4) is 0 Å². The highest BCUT2D eigenvalue weighted by molar-refractivity contribution is 8.00. The maximum Gasteiger partial charge on any atom is 0.0249 e. The highest BCUT2D eigenvalue weighted by Gasteiger charge is 2.20. The summed E-state index contributed by atoms with van der Waals surface area (Å²) >= 11 is 2.04. The van der Waals surface area contributed by atoms with Gasteiger partial charge in [0.25, 0.3) is 0 Å².